The van der Waals surface area contributed by atoms with Crippen molar-refractivity contribution in [3.8, 4) is 11.4 Å². The molecule has 2 aliphatic rings. The minimum atomic E-state index is -4.45. The molecule has 2 aromatic carbocycles. The van der Waals surface area contributed by atoms with Crippen LogP contribution in [-0.2, 0) is 30.4 Å². The number of morpholine rings is 1. The number of carbonyl (C=O) groups is 1. The predicted octanol–water partition coefficient (Wildman–Crippen LogP) is 4.34. The maximum absolute atomic E-state index is 13.1. The van der Waals surface area contributed by atoms with E-state index in [9.17, 15) is 18.0 Å². The highest BCUT2D eigenvalue weighted by Gasteiger charge is 2.30. The number of aryl methyl sites for hydroxylation is 1. The molecular weight excluding hydrogens is 457 g/mol. The van der Waals surface area contributed by atoms with Gasteiger partial charge in [-0.2, -0.15) is 13.2 Å². The molecule has 1 saturated heterocycles. The molecule has 0 amide bonds. The predicted molar refractivity (Wildman–Crippen MR) is 125 cm³/mol. The van der Waals surface area contributed by atoms with E-state index < -0.39 is 11.7 Å². The fourth-order valence-corrected chi connectivity index (χ4v) is 4.49. The van der Waals surface area contributed by atoms with Crippen LogP contribution >= 0.6 is 0 Å². The van der Waals surface area contributed by atoms with Gasteiger partial charge in [0.25, 0.3) is 0 Å². The third kappa shape index (κ3) is 4.92. The molecule has 0 bridgehead atoms. The summed E-state index contributed by atoms with van der Waals surface area (Å²) in [7, 11) is 0. The standard InChI is InChI=1S/C26H25F3N4O2/c1-16-5-6-18(23(34)12-17-3-2-4-19(11-17)26(27,28)29)13-20(16)24-31-22-15-30-14-21(22)25(32-24)33-7-9-35-10-8-33/h2-6,11,13,30H,7-10,12,14-15H2,1H3. The Hall–Kier alpha value is -3.30. The van der Waals surface area contributed by atoms with Gasteiger partial charge in [0.1, 0.15) is 5.82 Å². The van der Waals surface area contributed by atoms with Gasteiger partial charge in [-0.3, -0.25) is 4.79 Å². The molecule has 0 saturated carbocycles. The molecule has 1 fully saturated rings. The number of rotatable bonds is 5. The van der Waals surface area contributed by atoms with E-state index in [1.807, 2.05) is 13.0 Å². The number of benzene rings is 2. The van der Waals surface area contributed by atoms with E-state index in [1.165, 1.54) is 12.1 Å². The van der Waals surface area contributed by atoms with Gasteiger partial charge in [-0.15, -0.1) is 0 Å². The maximum Gasteiger partial charge on any atom is 0.416 e. The third-order valence-electron chi connectivity index (χ3n) is 6.40. The maximum atomic E-state index is 13.1. The van der Waals surface area contributed by atoms with Gasteiger partial charge in [0.05, 0.1) is 24.5 Å². The van der Waals surface area contributed by atoms with Gasteiger partial charge in [0.15, 0.2) is 11.6 Å². The second kappa shape index (κ2) is 9.39. The molecule has 0 unspecified atom stereocenters. The van der Waals surface area contributed by atoms with Gasteiger partial charge in [0.2, 0.25) is 0 Å². The Morgan fingerprint density at radius 2 is 1.89 bits per heavy atom. The quantitative estimate of drug-likeness (QED) is 0.546. The minimum Gasteiger partial charge on any atom is -0.378 e. The van der Waals surface area contributed by atoms with Crippen LogP contribution in [0.25, 0.3) is 11.4 Å². The van der Waals surface area contributed by atoms with Crippen molar-refractivity contribution in [3.05, 3.63) is 76.0 Å². The van der Waals surface area contributed by atoms with Crippen molar-refractivity contribution >= 4 is 11.6 Å². The van der Waals surface area contributed by atoms with Crippen LogP contribution in [0.5, 0.6) is 0 Å². The lowest BCUT2D eigenvalue weighted by molar-refractivity contribution is -0.137. The van der Waals surface area contributed by atoms with Gasteiger partial charge < -0.3 is 15.0 Å². The zero-order chi connectivity index (χ0) is 24.6. The van der Waals surface area contributed by atoms with Crippen molar-refractivity contribution in [1.29, 1.82) is 0 Å². The van der Waals surface area contributed by atoms with Crippen molar-refractivity contribution in [3.63, 3.8) is 0 Å². The Morgan fingerprint density at radius 3 is 2.66 bits per heavy atom. The molecule has 3 aromatic rings. The Labute approximate surface area is 201 Å². The molecule has 2 aliphatic heterocycles. The highest BCUT2D eigenvalue weighted by atomic mass is 19.4. The van der Waals surface area contributed by atoms with Gasteiger partial charge >= 0.3 is 6.18 Å². The Balaban J connectivity index is 1.47. The average molecular weight is 483 g/mol. The molecule has 9 heteroatoms. The summed E-state index contributed by atoms with van der Waals surface area (Å²) in [6.45, 7) is 6.06. The van der Waals surface area contributed by atoms with E-state index in [-0.39, 0.29) is 12.2 Å². The molecule has 3 heterocycles. The lowest BCUT2D eigenvalue weighted by Gasteiger charge is -2.29. The first-order valence-electron chi connectivity index (χ1n) is 11.5. The fourth-order valence-electron chi connectivity index (χ4n) is 4.49. The zero-order valence-electron chi connectivity index (χ0n) is 19.3. The van der Waals surface area contributed by atoms with Gasteiger partial charge in [0, 0.05) is 49.3 Å². The number of aromatic nitrogens is 2. The van der Waals surface area contributed by atoms with Crippen LogP contribution in [0.4, 0.5) is 19.0 Å². The molecule has 0 atom stereocenters. The summed E-state index contributed by atoms with van der Waals surface area (Å²) < 4.78 is 44.7. The van der Waals surface area contributed by atoms with Crippen LogP contribution in [0.15, 0.2) is 42.5 Å². The van der Waals surface area contributed by atoms with Crippen LogP contribution < -0.4 is 10.2 Å². The first-order chi connectivity index (χ1) is 16.8. The molecule has 0 aliphatic carbocycles. The van der Waals surface area contributed by atoms with E-state index in [0.29, 0.717) is 43.3 Å². The number of anilines is 1. The van der Waals surface area contributed by atoms with E-state index in [0.717, 1.165) is 53.4 Å². The van der Waals surface area contributed by atoms with Crippen molar-refractivity contribution in [2.75, 3.05) is 31.2 Å². The molecule has 1 N–H and O–H groups in total. The second-order valence-corrected chi connectivity index (χ2v) is 8.83. The first kappa shape index (κ1) is 23.4. The molecular formula is C26H25F3N4O2. The van der Waals surface area contributed by atoms with Crippen LogP contribution in [0.2, 0.25) is 0 Å². The lowest BCUT2D eigenvalue weighted by Crippen LogP contribution is -2.37. The Kier molecular flexibility index (Phi) is 6.29. The number of nitrogens with one attached hydrogen (secondary N) is 1. The van der Waals surface area contributed by atoms with Crippen molar-refractivity contribution in [2.24, 2.45) is 0 Å². The van der Waals surface area contributed by atoms with E-state index in [1.54, 1.807) is 12.1 Å². The normalized spacial score (nSPS) is 15.8. The number of hydrogen-bond donors (Lipinski definition) is 1. The van der Waals surface area contributed by atoms with E-state index in [2.05, 4.69) is 10.2 Å². The highest BCUT2D eigenvalue weighted by molar-refractivity contribution is 5.98. The Bertz CT molecular complexity index is 1270. The average Bonchev–Trinajstić information content (AvgIpc) is 3.33. The number of hydrogen-bond acceptors (Lipinski definition) is 6. The summed E-state index contributed by atoms with van der Waals surface area (Å²) in [5, 5.41) is 3.34. The molecule has 35 heavy (non-hydrogen) atoms. The lowest BCUT2D eigenvalue weighted by atomic mass is 9.97. The van der Waals surface area contributed by atoms with Crippen LogP contribution in [0, 0.1) is 6.92 Å². The van der Waals surface area contributed by atoms with Crippen molar-refractivity contribution in [2.45, 2.75) is 32.6 Å². The molecule has 0 spiro atoms. The summed E-state index contributed by atoms with van der Waals surface area (Å²) in [4.78, 5) is 24.9. The zero-order valence-corrected chi connectivity index (χ0v) is 19.3. The first-order valence-corrected chi connectivity index (χ1v) is 11.5. The van der Waals surface area contributed by atoms with Crippen molar-refractivity contribution < 1.29 is 22.7 Å². The van der Waals surface area contributed by atoms with Crippen LogP contribution in [0.1, 0.15) is 38.3 Å². The van der Waals surface area contributed by atoms with Gasteiger partial charge in [-0.25, -0.2) is 9.97 Å². The van der Waals surface area contributed by atoms with E-state index in [4.69, 9.17) is 14.7 Å². The van der Waals surface area contributed by atoms with Crippen LogP contribution in [0.3, 0.4) is 0 Å². The molecule has 182 valence electrons. The minimum absolute atomic E-state index is 0.125. The summed E-state index contributed by atoms with van der Waals surface area (Å²) in [6, 6.07) is 10.2. The monoisotopic (exact) mass is 482 g/mol. The highest BCUT2D eigenvalue weighted by Crippen LogP contribution is 2.32. The molecule has 1 aromatic heterocycles. The SMILES string of the molecule is Cc1ccc(C(=O)Cc2cccc(C(F)(F)F)c2)cc1-c1nc2c(c(N3CCOCC3)n1)CNC2. The largest absolute Gasteiger partial charge is 0.416 e. The number of nitrogens with zero attached hydrogens (tertiary/aromatic N) is 3. The summed E-state index contributed by atoms with van der Waals surface area (Å²) in [5.74, 6) is 1.17. The smallest absolute Gasteiger partial charge is 0.378 e. The molecule has 5 rings (SSSR count). The number of Topliss-reactive ketones (excluding diaryl/α,β-unsaturated/α-hetero) is 1. The van der Waals surface area contributed by atoms with Gasteiger partial charge in [-0.1, -0.05) is 30.3 Å². The number of halogens is 3. The summed E-state index contributed by atoms with van der Waals surface area (Å²) in [5.41, 5.74) is 3.66. The van der Waals surface area contributed by atoms with Gasteiger partial charge in [-0.05, 0) is 30.2 Å². The summed E-state index contributed by atoms with van der Waals surface area (Å²) >= 11 is 0. The Morgan fingerprint density at radius 1 is 1.09 bits per heavy atom. The fraction of sp³-hybridized carbons (Fsp3) is 0.346. The molecule has 6 nitrogen and oxygen atoms in total. The second-order valence-electron chi connectivity index (χ2n) is 8.83. The van der Waals surface area contributed by atoms with Crippen molar-refractivity contribution in [1.82, 2.24) is 15.3 Å². The number of ether oxygens (including phenoxy) is 1. The topological polar surface area (TPSA) is 67.4 Å². The summed E-state index contributed by atoms with van der Waals surface area (Å²) in [6.07, 6.45) is -4.57. The number of carbonyl (C=O) groups excluding carboxylic acids is 1. The van der Waals surface area contributed by atoms with Crippen LogP contribution in [-0.4, -0.2) is 42.1 Å². The third-order valence-corrected chi connectivity index (χ3v) is 6.40. The number of alkyl halides is 3. The number of fused-ring (bicyclic) bond motifs is 1. The number of ketones is 1. The molecule has 0 radical (unpaired) electrons. The van der Waals surface area contributed by atoms with E-state index >= 15 is 0 Å².